The van der Waals surface area contributed by atoms with E-state index in [-0.39, 0.29) is 12.5 Å². The summed E-state index contributed by atoms with van der Waals surface area (Å²) in [5, 5.41) is 0. The van der Waals surface area contributed by atoms with Crippen molar-refractivity contribution in [3.8, 4) is 22.6 Å². The maximum Gasteiger partial charge on any atom is 0.248 e. The second kappa shape index (κ2) is 11.9. The lowest BCUT2D eigenvalue weighted by atomic mass is 9.92. The first-order chi connectivity index (χ1) is 19.5. The number of rotatable bonds is 9. The highest BCUT2D eigenvalue weighted by atomic mass is 16.5. The summed E-state index contributed by atoms with van der Waals surface area (Å²) in [6.45, 7) is 0.435. The van der Waals surface area contributed by atoms with Gasteiger partial charge in [-0.15, -0.1) is 0 Å². The number of hydrogen-bond acceptors (Lipinski definition) is 5. The van der Waals surface area contributed by atoms with E-state index in [0.717, 1.165) is 24.0 Å². The molecular weight excluding hydrogens is 502 g/mol. The number of aryl methyl sites for hydroxylation is 1. The minimum Gasteiger partial charge on any atom is -0.496 e. The lowest BCUT2D eigenvalue weighted by Crippen LogP contribution is -2.33. The van der Waals surface area contributed by atoms with Gasteiger partial charge in [-0.05, 0) is 36.1 Å². The van der Waals surface area contributed by atoms with E-state index in [0.29, 0.717) is 46.1 Å². The first-order valence-electron chi connectivity index (χ1n) is 13.2. The van der Waals surface area contributed by atoms with Gasteiger partial charge in [-0.25, -0.2) is 0 Å². The number of hydrogen-bond donors (Lipinski definition) is 1. The van der Waals surface area contributed by atoms with Crippen molar-refractivity contribution in [2.75, 3.05) is 32.2 Å². The van der Waals surface area contributed by atoms with E-state index in [1.165, 1.54) is 5.56 Å². The van der Waals surface area contributed by atoms with Gasteiger partial charge in [0.2, 0.25) is 11.8 Å². The van der Waals surface area contributed by atoms with Crippen LogP contribution >= 0.6 is 0 Å². The maximum atomic E-state index is 13.6. The number of nitrogens with zero attached hydrogens (tertiary/aromatic N) is 2. The molecule has 0 spiro atoms. The first-order valence-corrected chi connectivity index (χ1v) is 13.2. The number of ether oxygens (including phenoxy) is 2. The Morgan fingerprint density at radius 1 is 0.875 bits per heavy atom. The van der Waals surface area contributed by atoms with E-state index in [1.807, 2.05) is 60.7 Å². The van der Waals surface area contributed by atoms with Crippen molar-refractivity contribution in [2.45, 2.75) is 12.8 Å². The van der Waals surface area contributed by atoms with E-state index < -0.39 is 5.91 Å². The normalized spacial score (nSPS) is 12.8. The van der Waals surface area contributed by atoms with Crippen molar-refractivity contribution in [2.24, 2.45) is 10.7 Å². The van der Waals surface area contributed by atoms with Crippen LogP contribution in [-0.2, 0) is 11.2 Å². The van der Waals surface area contributed by atoms with Crippen LogP contribution in [-0.4, -0.2) is 44.8 Å². The molecule has 1 heterocycles. The molecule has 0 bridgehead atoms. The predicted molar refractivity (Wildman–Crippen MR) is 158 cm³/mol. The Hall–Kier alpha value is -4.91. The largest absolute Gasteiger partial charge is 0.496 e. The van der Waals surface area contributed by atoms with Gasteiger partial charge in [-0.2, -0.15) is 0 Å². The maximum absolute atomic E-state index is 13.6. The molecule has 0 atom stereocenters. The van der Waals surface area contributed by atoms with E-state index in [9.17, 15) is 9.59 Å². The van der Waals surface area contributed by atoms with E-state index in [1.54, 1.807) is 37.3 Å². The zero-order valence-corrected chi connectivity index (χ0v) is 22.6. The number of methoxy groups -OCH3 is 2. The Kier molecular flexibility index (Phi) is 7.92. The lowest BCUT2D eigenvalue weighted by Gasteiger charge is -2.27. The number of primary amides is 1. The van der Waals surface area contributed by atoms with Gasteiger partial charge in [0.25, 0.3) is 0 Å². The standard InChI is InChI=1S/C33H31N3O4/c1-39-27-20-26-30(32(40-2)29(27)23-14-7-4-8-15-23)31(24-16-9-17-25(19-24)33(34)38)35-21-28(37)36(26)18-10-13-22-11-5-3-6-12-22/h3-9,11-12,14-17,19-20H,10,13,18,21H2,1-2H3,(H2,34,38). The highest BCUT2D eigenvalue weighted by Crippen LogP contribution is 2.47. The molecule has 0 fully saturated rings. The third kappa shape index (κ3) is 5.31. The fourth-order valence-corrected chi connectivity index (χ4v) is 5.14. The van der Waals surface area contributed by atoms with E-state index in [2.05, 4.69) is 12.1 Å². The molecule has 0 aliphatic carbocycles. The van der Waals surface area contributed by atoms with Crippen LogP contribution < -0.4 is 20.1 Å². The topological polar surface area (TPSA) is 94.2 Å². The summed E-state index contributed by atoms with van der Waals surface area (Å²) in [4.78, 5) is 32.2. The summed E-state index contributed by atoms with van der Waals surface area (Å²) < 4.78 is 12.0. The molecule has 1 aliphatic rings. The van der Waals surface area contributed by atoms with Crippen molar-refractivity contribution >= 4 is 23.2 Å². The van der Waals surface area contributed by atoms with Crippen LogP contribution in [0.25, 0.3) is 11.1 Å². The zero-order chi connectivity index (χ0) is 28.1. The molecule has 1 aliphatic heterocycles. The lowest BCUT2D eigenvalue weighted by molar-refractivity contribution is -0.117. The third-order valence-electron chi connectivity index (χ3n) is 7.02. The molecule has 40 heavy (non-hydrogen) atoms. The molecule has 2 N–H and O–H groups in total. The smallest absolute Gasteiger partial charge is 0.248 e. The number of anilines is 1. The van der Waals surface area contributed by atoms with Crippen LogP contribution in [0.5, 0.6) is 11.5 Å². The molecule has 0 saturated heterocycles. The molecular formula is C33H31N3O4. The van der Waals surface area contributed by atoms with Gasteiger partial charge in [0.15, 0.2) is 0 Å². The fraction of sp³-hybridized carbons (Fsp3) is 0.182. The van der Waals surface area contributed by atoms with Crippen LogP contribution in [0.1, 0.15) is 33.5 Å². The Balaban J connectivity index is 1.70. The van der Waals surface area contributed by atoms with Gasteiger partial charge in [0, 0.05) is 23.7 Å². The number of nitrogens with two attached hydrogens (primary N) is 1. The SMILES string of the molecule is COc1cc2c(c(OC)c1-c1ccccc1)C(c1cccc(C(N)=O)c1)=NCC(=O)N2CCCc1ccccc1. The quantitative estimate of drug-likeness (QED) is 0.317. The summed E-state index contributed by atoms with van der Waals surface area (Å²) in [5.41, 5.74) is 11.3. The predicted octanol–water partition coefficient (Wildman–Crippen LogP) is 5.29. The molecule has 4 aromatic carbocycles. The Bertz CT molecular complexity index is 1570. The summed E-state index contributed by atoms with van der Waals surface area (Å²) in [5.74, 6) is 0.440. The molecule has 5 rings (SSSR count). The van der Waals surface area contributed by atoms with Gasteiger partial charge in [0.1, 0.15) is 18.0 Å². The van der Waals surface area contributed by atoms with Crippen LogP contribution in [0.3, 0.4) is 0 Å². The average Bonchev–Trinajstić information content (AvgIpc) is 3.13. The second-order valence-corrected chi connectivity index (χ2v) is 9.49. The summed E-state index contributed by atoms with van der Waals surface area (Å²) >= 11 is 0. The number of aliphatic imine (C=N–C) groups is 1. The molecule has 0 saturated carbocycles. The highest BCUT2D eigenvalue weighted by Gasteiger charge is 2.32. The van der Waals surface area contributed by atoms with Gasteiger partial charge in [-0.3, -0.25) is 14.6 Å². The van der Waals surface area contributed by atoms with Crippen LogP contribution in [0, 0.1) is 0 Å². The van der Waals surface area contributed by atoms with Gasteiger partial charge >= 0.3 is 0 Å². The molecule has 0 unspecified atom stereocenters. The zero-order valence-electron chi connectivity index (χ0n) is 22.6. The minimum absolute atomic E-state index is 0.0533. The number of benzodiazepines with no additional fused rings is 1. The number of carbonyl (C=O) groups excluding carboxylic acids is 2. The minimum atomic E-state index is -0.540. The van der Waals surface area contributed by atoms with Crippen LogP contribution in [0.15, 0.2) is 96.0 Å². The van der Waals surface area contributed by atoms with Gasteiger partial charge in [-0.1, -0.05) is 72.8 Å². The monoisotopic (exact) mass is 533 g/mol. The Morgan fingerprint density at radius 2 is 1.57 bits per heavy atom. The van der Waals surface area contributed by atoms with Gasteiger partial charge < -0.3 is 20.1 Å². The molecule has 4 aromatic rings. The van der Waals surface area contributed by atoms with Gasteiger partial charge in [0.05, 0.1) is 36.7 Å². The Labute approximate surface area is 233 Å². The third-order valence-corrected chi connectivity index (χ3v) is 7.02. The molecule has 0 radical (unpaired) electrons. The van der Waals surface area contributed by atoms with Crippen molar-refractivity contribution in [1.29, 1.82) is 0 Å². The van der Waals surface area contributed by atoms with Crippen LogP contribution in [0.4, 0.5) is 5.69 Å². The molecule has 202 valence electrons. The van der Waals surface area contributed by atoms with Crippen molar-refractivity contribution < 1.29 is 19.1 Å². The Morgan fingerprint density at radius 3 is 2.25 bits per heavy atom. The summed E-state index contributed by atoms with van der Waals surface area (Å²) in [6, 6.07) is 28.9. The van der Waals surface area contributed by atoms with Crippen molar-refractivity contribution in [3.05, 3.63) is 113 Å². The summed E-state index contributed by atoms with van der Waals surface area (Å²) in [7, 11) is 3.21. The average molecular weight is 534 g/mol. The van der Waals surface area contributed by atoms with Crippen molar-refractivity contribution in [3.63, 3.8) is 0 Å². The second-order valence-electron chi connectivity index (χ2n) is 9.49. The fourth-order valence-electron chi connectivity index (χ4n) is 5.14. The van der Waals surface area contributed by atoms with E-state index in [4.69, 9.17) is 20.2 Å². The molecule has 2 amide bonds. The first kappa shape index (κ1) is 26.7. The summed E-state index contributed by atoms with van der Waals surface area (Å²) in [6.07, 6.45) is 1.58. The van der Waals surface area contributed by atoms with Crippen LogP contribution in [0.2, 0.25) is 0 Å². The molecule has 7 nitrogen and oxygen atoms in total. The number of amides is 2. The highest BCUT2D eigenvalue weighted by molar-refractivity contribution is 6.22. The molecule has 7 heteroatoms. The van der Waals surface area contributed by atoms with E-state index >= 15 is 0 Å². The number of fused-ring (bicyclic) bond motifs is 1. The number of carbonyl (C=O) groups is 2. The van der Waals surface area contributed by atoms with Crippen molar-refractivity contribution in [1.82, 2.24) is 0 Å². The number of benzene rings is 4. The molecule has 0 aromatic heterocycles.